The Balaban J connectivity index is 2.45. The van der Waals surface area contributed by atoms with Crippen LogP contribution in [0.3, 0.4) is 0 Å². The number of halogens is 3. The lowest BCUT2D eigenvalue weighted by atomic mass is 10.00. The van der Waals surface area contributed by atoms with Crippen LogP contribution in [-0.2, 0) is 10.9 Å². The second kappa shape index (κ2) is 4.05. The predicted molar refractivity (Wildman–Crippen MR) is 54.8 cm³/mol. The van der Waals surface area contributed by atoms with Crippen molar-refractivity contribution < 1.29 is 22.7 Å². The summed E-state index contributed by atoms with van der Waals surface area (Å²) >= 11 is 0. The minimum Gasteiger partial charge on any atom is -0.465 e. The van der Waals surface area contributed by atoms with Gasteiger partial charge < -0.3 is 4.74 Å². The van der Waals surface area contributed by atoms with Crippen LogP contribution in [0.1, 0.15) is 40.2 Å². The molecule has 0 spiro atoms. The third-order valence-electron chi connectivity index (χ3n) is 2.80. The van der Waals surface area contributed by atoms with E-state index in [1.54, 1.807) is 0 Å². The number of ether oxygens (including phenoxy) is 1. The average Bonchev–Trinajstić information content (AvgIpc) is 3.10. The Kier molecular flexibility index (Phi) is 2.85. The molecule has 0 amide bonds. The van der Waals surface area contributed by atoms with E-state index in [1.807, 2.05) is 0 Å². The molecule has 1 aromatic carbocycles. The highest BCUT2D eigenvalue weighted by atomic mass is 19.4. The monoisotopic (exact) mass is 244 g/mol. The van der Waals surface area contributed by atoms with Gasteiger partial charge in [-0.1, -0.05) is 0 Å². The van der Waals surface area contributed by atoms with Gasteiger partial charge in [0, 0.05) is 0 Å². The van der Waals surface area contributed by atoms with Crippen molar-refractivity contribution >= 4 is 5.97 Å². The van der Waals surface area contributed by atoms with Gasteiger partial charge in [-0.25, -0.2) is 4.79 Å². The number of rotatable bonds is 2. The maximum Gasteiger partial charge on any atom is 0.416 e. The summed E-state index contributed by atoms with van der Waals surface area (Å²) in [6.45, 7) is 0. The summed E-state index contributed by atoms with van der Waals surface area (Å²) in [6, 6.07) is 3.17. The van der Waals surface area contributed by atoms with Crippen LogP contribution in [0, 0.1) is 0 Å². The summed E-state index contributed by atoms with van der Waals surface area (Å²) in [5, 5.41) is 0. The fraction of sp³-hybridized carbons (Fsp3) is 0.417. The molecule has 1 aliphatic rings. The van der Waals surface area contributed by atoms with Crippen LogP contribution in [0.2, 0.25) is 0 Å². The SMILES string of the molecule is COC(=O)c1ccc(C(F)(F)F)cc1C1CC1. The highest BCUT2D eigenvalue weighted by molar-refractivity contribution is 5.91. The molecule has 0 saturated heterocycles. The smallest absolute Gasteiger partial charge is 0.416 e. The van der Waals surface area contributed by atoms with Crippen LogP contribution in [0.15, 0.2) is 18.2 Å². The zero-order valence-corrected chi connectivity index (χ0v) is 9.17. The van der Waals surface area contributed by atoms with Gasteiger partial charge in [0.25, 0.3) is 0 Å². The maximum absolute atomic E-state index is 12.6. The molecule has 0 unspecified atom stereocenters. The standard InChI is InChI=1S/C12H11F3O2/c1-17-11(16)9-5-4-8(12(13,14)15)6-10(9)7-2-3-7/h4-7H,2-3H2,1H3. The van der Waals surface area contributed by atoms with Crippen molar-refractivity contribution in [2.45, 2.75) is 24.9 Å². The van der Waals surface area contributed by atoms with Gasteiger partial charge >= 0.3 is 12.1 Å². The normalized spacial score (nSPS) is 15.8. The molecule has 1 fully saturated rings. The van der Waals surface area contributed by atoms with E-state index in [1.165, 1.54) is 13.2 Å². The van der Waals surface area contributed by atoms with Crippen molar-refractivity contribution in [3.63, 3.8) is 0 Å². The van der Waals surface area contributed by atoms with Gasteiger partial charge in [0.15, 0.2) is 0 Å². The molecule has 0 aliphatic heterocycles. The molecule has 5 heteroatoms. The molecule has 1 aromatic rings. The minimum atomic E-state index is -4.38. The largest absolute Gasteiger partial charge is 0.465 e. The third-order valence-corrected chi connectivity index (χ3v) is 2.80. The highest BCUT2D eigenvalue weighted by Gasteiger charge is 2.35. The molecule has 0 atom stereocenters. The second-order valence-electron chi connectivity index (χ2n) is 4.07. The van der Waals surface area contributed by atoms with Crippen LogP contribution in [-0.4, -0.2) is 13.1 Å². The highest BCUT2D eigenvalue weighted by Crippen LogP contribution is 2.43. The van der Waals surface area contributed by atoms with Gasteiger partial charge in [0.2, 0.25) is 0 Å². The van der Waals surface area contributed by atoms with E-state index in [0.29, 0.717) is 5.56 Å². The third kappa shape index (κ3) is 2.43. The zero-order chi connectivity index (χ0) is 12.6. The van der Waals surface area contributed by atoms with Gasteiger partial charge in [-0.15, -0.1) is 0 Å². The number of alkyl halides is 3. The lowest BCUT2D eigenvalue weighted by molar-refractivity contribution is -0.137. The fourth-order valence-electron chi connectivity index (χ4n) is 1.77. The van der Waals surface area contributed by atoms with Crippen LogP contribution < -0.4 is 0 Å². The van der Waals surface area contributed by atoms with Gasteiger partial charge in [0.1, 0.15) is 0 Å². The Hall–Kier alpha value is -1.52. The van der Waals surface area contributed by atoms with E-state index in [2.05, 4.69) is 4.74 Å². The van der Waals surface area contributed by atoms with Crippen LogP contribution in [0.5, 0.6) is 0 Å². The Bertz CT molecular complexity index is 448. The first-order chi connectivity index (χ1) is 7.93. The summed E-state index contributed by atoms with van der Waals surface area (Å²) in [7, 11) is 1.22. The number of benzene rings is 1. The van der Waals surface area contributed by atoms with E-state index in [-0.39, 0.29) is 11.5 Å². The van der Waals surface area contributed by atoms with Crippen molar-refractivity contribution in [2.24, 2.45) is 0 Å². The maximum atomic E-state index is 12.6. The first-order valence-electron chi connectivity index (χ1n) is 5.23. The van der Waals surface area contributed by atoms with Gasteiger partial charge in [-0.3, -0.25) is 0 Å². The minimum absolute atomic E-state index is 0.0615. The lowest BCUT2D eigenvalue weighted by Gasteiger charge is -2.11. The first-order valence-corrected chi connectivity index (χ1v) is 5.23. The number of carbonyl (C=O) groups is 1. The molecule has 0 heterocycles. The van der Waals surface area contributed by atoms with Crippen LogP contribution in [0.4, 0.5) is 13.2 Å². The van der Waals surface area contributed by atoms with Crippen molar-refractivity contribution in [1.29, 1.82) is 0 Å². The van der Waals surface area contributed by atoms with Crippen molar-refractivity contribution in [2.75, 3.05) is 7.11 Å². The summed E-state index contributed by atoms with van der Waals surface area (Å²) in [6.07, 6.45) is -2.73. The summed E-state index contributed by atoms with van der Waals surface area (Å²) in [5.74, 6) is -0.521. The number of carbonyl (C=O) groups excluding carboxylic acids is 1. The van der Waals surface area contributed by atoms with Crippen molar-refractivity contribution in [1.82, 2.24) is 0 Å². The van der Waals surface area contributed by atoms with Gasteiger partial charge in [0.05, 0.1) is 18.2 Å². The molecule has 92 valence electrons. The summed E-state index contributed by atoms with van der Waals surface area (Å²) in [4.78, 5) is 11.4. The predicted octanol–water partition coefficient (Wildman–Crippen LogP) is 3.37. The van der Waals surface area contributed by atoms with E-state index >= 15 is 0 Å². The lowest BCUT2D eigenvalue weighted by Crippen LogP contribution is -2.10. The van der Waals surface area contributed by atoms with Crippen LogP contribution in [0.25, 0.3) is 0 Å². The quantitative estimate of drug-likeness (QED) is 0.745. The topological polar surface area (TPSA) is 26.3 Å². The summed E-state index contributed by atoms with van der Waals surface area (Å²) < 4.78 is 42.2. The Morgan fingerprint density at radius 1 is 1.35 bits per heavy atom. The molecule has 2 nitrogen and oxygen atoms in total. The van der Waals surface area contributed by atoms with E-state index < -0.39 is 17.7 Å². The number of hydrogen-bond acceptors (Lipinski definition) is 2. The van der Waals surface area contributed by atoms with Gasteiger partial charge in [-0.05, 0) is 42.5 Å². The Morgan fingerprint density at radius 3 is 2.47 bits per heavy atom. The molecular weight excluding hydrogens is 233 g/mol. The number of esters is 1. The molecule has 0 N–H and O–H groups in total. The fourth-order valence-corrected chi connectivity index (χ4v) is 1.77. The first kappa shape index (κ1) is 12.0. The van der Waals surface area contributed by atoms with Gasteiger partial charge in [-0.2, -0.15) is 13.2 Å². The Morgan fingerprint density at radius 2 is 2.00 bits per heavy atom. The van der Waals surface area contributed by atoms with Crippen molar-refractivity contribution in [3.05, 3.63) is 34.9 Å². The summed E-state index contributed by atoms with van der Waals surface area (Å²) in [5.41, 5.74) is -0.0262. The van der Waals surface area contributed by atoms with Crippen LogP contribution >= 0.6 is 0 Å². The van der Waals surface area contributed by atoms with Crippen molar-refractivity contribution in [3.8, 4) is 0 Å². The molecule has 0 aromatic heterocycles. The molecule has 17 heavy (non-hydrogen) atoms. The van der Waals surface area contributed by atoms with E-state index in [9.17, 15) is 18.0 Å². The molecule has 1 aliphatic carbocycles. The molecule has 0 bridgehead atoms. The molecule has 0 radical (unpaired) electrons. The molecule has 2 rings (SSSR count). The van der Waals surface area contributed by atoms with E-state index in [0.717, 1.165) is 25.0 Å². The number of methoxy groups -OCH3 is 1. The zero-order valence-electron chi connectivity index (χ0n) is 9.17. The average molecular weight is 244 g/mol. The molecular formula is C12H11F3O2. The molecule has 1 saturated carbocycles. The number of hydrogen-bond donors (Lipinski definition) is 0. The second-order valence-corrected chi connectivity index (χ2v) is 4.07. The Labute approximate surface area is 96.4 Å². The van der Waals surface area contributed by atoms with E-state index in [4.69, 9.17) is 0 Å².